The lowest BCUT2D eigenvalue weighted by Crippen LogP contribution is -2.43. The van der Waals surface area contributed by atoms with Gasteiger partial charge in [-0.2, -0.15) is 0 Å². The molecule has 0 spiro atoms. The maximum Gasteiger partial charge on any atom is 0.252 e. The Hall–Kier alpha value is -1.58. The predicted molar refractivity (Wildman–Crippen MR) is 84.5 cm³/mol. The van der Waals surface area contributed by atoms with E-state index in [4.69, 9.17) is 5.73 Å². The summed E-state index contributed by atoms with van der Waals surface area (Å²) < 4.78 is 0. The van der Waals surface area contributed by atoms with E-state index in [0.29, 0.717) is 5.56 Å². The van der Waals surface area contributed by atoms with Crippen molar-refractivity contribution in [1.29, 1.82) is 0 Å². The summed E-state index contributed by atoms with van der Waals surface area (Å²) in [6.45, 7) is 5.96. The molecule has 3 rings (SSSR count). The second-order valence-electron chi connectivity index (χ2n) is 6.68. The number of fused-ring (bicyclic) bond motifs is 1. The number of aryl methyl sites for hydroxylation is 2. The normalized spacial score (nSPS) is 25.5. The highest BCUT2D eigenvalue weighted by atomic mass is 16.1. The first-order valence-electron chi connectivity index (χ1n) is 8.09. The molecule has 2 aliphatic rings. The van der Waals surface area contributed by atoms with Crippen molar-refractivity contribution >= 4 is 11.7 Å². The number of primary amides is 1. The van der Waals surface area contributed by atoms with Gasteiger partial charge in [0.25, 0.3) is 5.91 Å². The summed E-state index contributed by atoms with van der Waals surface area (Å²) >= 11 is 0. The van der Waals surface area contributed by atoms with Crippen LogP contribution in [-0.4, -0.2) is 24.0 Å². The number of hydrogen-bond donors (Lipinski definition) is 1. The summed E-state index contributed by atoms with van der Waals surface area (Å²) in [6, 6.07) is 1.94. The van der Waals surface area contributed by atoms with E-state index in [0.717, 1.165) is 42.0 Å². The van der Waals surface area contributed by atoms with Crippen LogP contribution in [0, 0.1) is 25.7 Å². The van der Waals surface area contributed by atoms with Gasteiger partial charge in [0.15, 0.2) is 0 Å². The monoisotopic (exact) mass is 287 g/mol. The van der Waals surface area contributed by atoms with Gasteiger partial charge in [0.05, 0.1) is 5.56 Å². The maximum atomic E-state index is 11.8. The minimum atomic E-state index is -0.360. The molecule has 1 saturated carbocycles. The van der Waals surface area contributed by atoms with Crippen molar-refractivity contribution in [1.82, 2.24) is 4.98 Å². The van der Waals surface area contributed by atoms with Gasteiger partial charge in [0, 0.05) is 18.8 Å². The van der Waals surface area contributed by atoms with Gasteiger partial charge in [-0.25, -0.2) is 4.98 Å². The number of carbonyl (C=O) groups is 1. The lowest BCUT2D eigenvalue weighted by Gasteiger charge is -2.42. The number of amides is 1. The van der Waals surface area contributed by atoms with Gasteiger partial charge in [-0.15, -0.1) is 0 Å². The second-order valence-corrected chi connectivity index (χ2v) is 6.68. The van der Waals surface area contributed by atoms with Crippen LogP contribution in [0.2, 0.25) is 0 Å². The van der Waals surface area contributed by atoms with E-state index in [-0.39, 0.29) is 5.91 Å². The Kier molecular flexibility index (Phi) is 3.87. The van der Waals surface area contributed by atoms with Crippen molar-refractivity contribution < 1.29 is 4.79 Å². The number of nitrogens with zero attached hydrogens (tertiary/aromatic N) is 2. The Morgan fingerprint density at radius 3 is 2.67 bits per heavy atom. The lowest BCUT2D eigenvalue weighted by atomic mass is 9.75. The van der Waals surface area contributed by atoms with E-state index in [1.807, 2.05) is 19.9 Å². The molecule has 1 aliphatic carbocycles. The SMILES string of the molecule is Cc1cc(C)c(C(N)=O)c(N2CC[C@H]3CCCC[C@@H]3C2)n1. The fourth-order valence-corrected chi connectivity index (χ4v) is 4.14. The maximum absolute atomic E-state index is 11.8. The Labute approximate surface area is 126 Å². The number of carbonyl (C=O) groups excluding carboxylic acids is 1. The number of nitrogens with two attached hydrogens (primary N) is 1. The topological polar surface area (TPSA) is 59.2 Å². The van der Waals surface area contributed by atoms with Crippen molar-refractivity contribution in [2.24, 2.45) is 17.6 Å². The highest BCUT2D eigenvalue weighted by Gasteiger charge is 2.33. The molecule has 0 unspecified atom stereocenters. The Balaban J connectivity index is 1.91. The molecule has 4 nitrogen and oxygen atoms in total. The highest BCUT2D eigenvalue weighted by molar-refractivity contribution is 5.99. The number of rotatable bonds is 2. The largest absolute Gasteiger partial charge is 0.365 e. The van der Waals surface area contributed by atoms with Gasteiger partial charge in [-0.3, -0.25) is 4.79 Å². The zero-order valence-corrected chi connectivity index (χ0v) is 13.1. The van der Waals surface area contributed by atoms with E-state index in [9.17, 15) is 4.79 Å². The van der Waals surface area contributed by atoms with E-state index >= 15 is 0 Å². The van der Waals surface area contributed by atoms with Crippen LogP contribution in [0.3, 0.4) is 0 Å². The van der Waals surface area contributed by atoms with Crippen LogP contribution in [0.15, 0.2) is 6.07 Å². The number of aromatic nitrogens is 1. The molecule has 1 saturated heterocycles. The molecule has 21 heavy (non-hydrogen) atoms. The van der Waals surface area contributed by atoms with Crippen LogP contribution < -0.4 is 10.6 Å². The summed E-state index contributed by atoms with van der Waals surface area (Å²) in [4.78, 5) is 18.8. The molecule has 0 radical (unpaired) electrons. The number of anilines is 1. The first kappa shape index (κ1) is 14.4. The Bertz CT molecular complexity index is 555. The fourth-order valence-electron chi connectivity index (χ4n) is 4.14. The van der Waals surface area contributed by atoms with E-state index in [1.165, 1.54) is 32.1 Å². The van der Waals surface area contributed by atoms with Gasteiger partial charge >= 0.3 is 0 Å². The number of pyridine rings is 1. The third-order valence-corrected chi connectivity index (χ3v) is 5.16. The van der Waals surface area contributed by atoms with Crippen molar-refractivity contribution in [3.05, 3.63) is 22.9 Å². The van der Waals surface area contributed by atoms with Gasteiger partial charge in [0.2, 0.25) is 0 Å². The predicted octanol–water partition coefficient (Wildman–Crippen LogP) is 2.81. The molecule has 1 amide bonds. The molecule has 0 bridgehead atoms. The first-order valence-corrected chi connectivity index (χ1v) is 8.09. The van der Waals surface area contributed by atoms with Gasteiger partial charge in [0.1, 0.15) is 5.82 Å². The average Bonchev–Trinajstić information content (AvgIpc) is 2.45. The zero-order chi connectivity index (χ0) is 15.0. The molecule has 2 N–H and O–H groups in total. The summed E-state index contributed by atoms with van der Waals surface area (Å²) in [5, 5.41) is 0. The third kappa shape index (κ3) is 2.76. The summed E-state index contributed by atoms with van der Waals surface area (Å²) in [6.07, 6.45) is 6.64. The van der Waals surface area contributed by atoms with E-state index in [1.54, 1.807) is 0 Å². The number of piperidine rings is 1. The third-order valence-electron chi connectivity index (χ3n) is 5.16. The van der Waals surface area contributed by atoms with Crippen molar-refractivity contribution in [2.75, 3.05) is 18.0 Å². The minimum Gasteiger partial charge on any atom is -0.365 e. The second kappa shape index (κ2) is 5.66. The van der Waals surface area contributed by atoms with Crippen LogP contribution in [0.25, 0.3) is 0 Å². The van der Waals surface area contributed by atoms with Crippen LogP contribution in [0.5, 0.6) is 0 Å². The van der Waals surface area contributed by atoms with Gasteiger partial charge in [-0.05, 0) is 50.2 Å². The van der Waals surface area contributed by atoms with Crippen LogP contribution in [-0.2, 0) is 0 Å². The van der Waals surface area contributed by atoms with Crippen LogP contribution in [0.4, 0.5) is 5.82 Å². The Morgan fingerprint density at radius 1 is 1.24 bits per heavy atom. The highest BCUT2D eigenvalue weighted by Crippen LogP contribution is 2.38. The van der Waals surface area contributed by atoms with Crippen LogP contribution in [0.1, 0.15) is 53.7 Å². The molecule has 2 fully saturated rings. The molecule has 1 aromatic heterocycles. The molecular formula is C17H25N3O. The molecule has 0 aromatic carbocycles. The molecule has 4 heteroatoms. The number of hydrogen-bond acceptors (Lipinski definition) is 3. The standard InChI is InChI=1S/C17H25N3O/c1-11-9-12(2)19-17(15(11)16(18)21)20-8-7-13-5-3-4-6-14(13)10-20/h9,13-14H,3-8,10H2,1-2H3,(H2,18,21)/t13-,14-/m1/s1. The zero-order valence-electron chi connectivity index (χ0n) is 13.1. The quantitative estimate of drug-likeness (QED) is 0.910. The molecule has 114 valence electrons. The molecule has 1 aliphatic heterocycles. The lowest BCUT2D eigenvalue weighted by molar-refractivity contribution is 0.0999. The van der Waals surface area contributed by atoms with Gasteiger partial charge < -0.3 is 10.6 Å². The summed E-state index contributed by atoms with van der Waals surface area (Å²) in [5.41, 5.74) is 8.10. The average molecular weight is 287 g/mol. The smallest absolute Gasteiger partial charge is 0.252 e. The van der Waals surface area contributed by atoms with Crippen molar-refractivity contribution in [3.8, 4) is 0 Å². The molecular weight excluding hydrogens is 262 g/mol. The van der Waals surface area contributed by atoms with Crippen molar-refractivity contribution in [3.63, 3.8) is 0 Å². The summed E-state index contributed by atoms with van der Waals surface area (Å²) in [7, 11) is 0. The Morgan fingerprint density at radius 2 is 1.95 bits per heavy atom. The summed E-state index contributed by atoms with van der Waals surface area (Å²) in [5.74, 6) is 2.08. The van der Waals surface area contributed by atoms with Gasteiger partial charge in [-0.1, -0.05) is 19.3 Å². The first-order chi connectivity index (χ1) is 10.1. The van der Waals surface area contributed by atoms with E-state index in [2.05, 4.69) is 9.88 Å². The van der Waals surface area contributed by atoms with Crippen molar-refractivity contribution in [2.45, 2.75) is 46.0 Å². The minimum absolute atomic E-state index is 0.360. The molecule has 1 aromatic rings. The van der Waals surface area contributed by atoms with E-state index < -0.39 is 0 Å². The fraction of sp³-hybridized carbons (Fsp3) is 0.647. The molecule has 2 atom stereocenters. The molecule has 2 heterocycles. The van der Waals surface area contributed by atoms with Crippen LogP contribution >= 0.6 is 0 Å².